The van der Waals surface area contributed by atoms with E-state index >= 15 is 0 Å². The molecule has 1 saturated heterocycles. The molecular formula is C19H17FN2O2. The van der Waals surface area contributed by atoms with E-state index in [1.807, 2.05) is 34.9 Å². The molecule has 2 aromatic heterocycles. The van der Waals surface area contributed by atoms with E-state index in [4.69, 9.17) is 0 Å². The second-order valence-electron chi connectivity index (χ2n) is 6.28. The van der Waals surface area contributed by atoms with Gasteiger partial charge in [-0.25, -0.2) is 4.39 Å². The summed E-state index contributed by atoms with van der Waals surface area (Å²) in [5.41, 5.74) is 1.07. The fourth-order valence-corrected chi connectivity index (χ4v) is 3.32. The molecule has 1 aliphatic rings. The van der Waals surface area contributed by atoms with E-state index in [9.17, 15) is 14.3 Å². The Morgan fingerprint density at radius 1 is 1.17 bits per heavy atom. The lowest BCUT2D eigenvalue weighted by molar-refractivity contribution is 0.0417. The van der Waals surface area contributed by atoms with Crippen molar-refractivity contribution in [2.24, 2.45) is 0 Å². The first-order valence-corrected chi connectivity index (χ1v) is 7.90. The number of aromatic nitrogens is 1. The van der Waals surface area contributed by atoms with Gasteiger partial charge in [-0.05, 0) is 42.3 Å². The van der Waals surface area contributed by atoms with Crippen molar-refractivity contribution in [3.05, 3.63) is 77.9 Å². The van der Waals surface area contributed by atoms with E-state index in [1.165, 1.54) is 12.1 Å². The number of likely N-dealkylation sites (tertiary alicyclic amines) is 1. The number of fused-ring (bicyclic) bond motifs is 1. The number of hydrogen-bond donors (Lipinski definition) is 1. The van der Waals surface area contributed by atoms with Crippen molar-refractivity contribution in [1.29, 1.82) is 0 Å². The fourth-order valence-electron chi connectivity index (χ4n) is 3.32. The van der Waals surface area contributed by atoms with Crippen molar-refractivity contribution in [2.75, 3.05) is 13.1 Å². The Bertz CT molecular complexity index is 870. The number of carbonyl (C=O) groups is 1. The molecule has 3 aromatic rings. The summed E-state index contributed by atoms with van der Waals surface area (Å²) in [6, 6.07) is 13.4. The zero-order valence-electron chi connectivity index (χ0n) is 13.0. The Morgan fingerprint density at radius 3 is 2.71 bits per heavy atom. The smallest absolute Gasteiger partial charge is 0.255 e. The van der Waals surface area contributed by atoms with Crippen LogP contribution in [0.1, 0.15) is 22.3 Å². The molecule has 0 saturated carbocycles. The van der Waals surface area contributed by atoms with Crippen LogP contribution in [0, 0.1) is 5.82 Å². The van der Waals surface area contributed by atoms with Crippen LogP contribution in [0.15, 0.2) is 60.9 Å². The number of hydrogen-bond acceptors (Lipinski definition) is 2. The quantitative estimate of drug-likeness (QED) is 0.788. The van der Waals surface area contributed by atoms with Gasteiger partial charge in [0.1, 0.15) is 11.4 Å². The van der Waals surface area contributed by atoms with Crippen LogP contribution in [0.25, 0.3) is 5.52 Å². The average Bonchev–Trinajstić information content (AvgIpc) is 3.19. The van der Waals surface area contributed by atoms with Crippen LogP contribution in [0.2, 0.25) is 0 Å². The molecule has 24 heavy (non-hydrogen) atoms. The molecule has 3 heterocycles. The van der Waals surface area contributed by atoms with Gasteiger partial charge in [0, 0.05) is 24.5 Å². The third kappa shape index (κ3) is 2.47. The summed E-state index contributed by atoms with van der Waals surface area (Å²) in [6.07, 6.45) is 4.13. The topological polar surface area (TPSA) is 45.0 Å². The molecule has 1 amide bonds. The lowest BCUT2D eigenvalue weighted by Crippen LogP contribution is -2.34. The number of nitrogens with zero attached hydrogens (tertiary/aromatic N) is 2. The summed E-state index contributed by atoms with van der Waals surface area (Å²) in [6.45, 7) is 0.683. The lowest BCUT2D eigenvalue weighted by Gasteiger charge is -2.23. The van der Waals surface area contributed by atoms with Crippen molar-refractivity contribution in [3.8, 4) is 0 Å². The van der Waals surface area contributed by atoms with Crippen molar-refractivity contribution >= 4 is 11.4 Å². The van der Waals surface area contributed by atoms with E-state index in [2.05, 4.69) is 0 Å². The molecular weight excluding hydrogens is 307 g/mol. The molecule has 0 aliphatic carbocycles. The predicted molar refractivity (Wildman–Crippen MR) is 88.2 cm³/mol. The average molecular weight is 324 g/mol. The first-order chi connectivity index (χ1) is 11.5. The molecule has 1 aromatic carbocycles. The number of pyridine rings is 1. The predicted octanol–water partition coefficient (Wildman–Crippen LogP) is 2.81. The van der Waals surface area contributed by atoms with Crippen LogP contribution in [-0.4, -0.2) is 33.4 Å². The zero-order chi connectivity index (χ0) is 16.7. The van der Waals surface area contributed by atoms with Gasteiger partial charge in [0.05, 0.1) is 12.1 Å². The van der Waals surface area contributed by atoms with E-state index < -0.39 is 5.60 Å². The minimum Gasteiger partial charge on any atom is -0.383 e. The monoisotopic (exact) mass is 324 g/mol. The zero-order valence-corrected chi connectivity index (χ0v) is 13.0. The number of rotatable bonds is 2. The molecule has 0 bridgehead atoms. The van der Waals surface area contributed by atoms with Gasteiger partial charge in [-0.1, -0.05) is 18.2 Å². The molecule has 1 fully saturated rings. The summed E-state index contributed by atoms with van der Waals surface area (Å²) in [5, 5.41) is 10.8. The van der Waals surface area contributed by atoms with Gasteiger partial charge < -0.3 is 14.4 Å². The normalized spacial score (nSPS) is 20.7. The Labute approximate surface area is 138 Å². The largest absolute Gasteiger partial charge is 0.383 e. The van der Waals surface area contributed by atoms with Crippen LogP contribution >= 0.6 is 0 Å². The van der Waals surface area contributed by atoms with Gasteiger partial charge in [0.25, 0.3) is 5.91 Å². The van der Waals surface area contributed by atoms with Gasteiger partial charge in [-0.2, -0.15) is 0 Å². The van der Waals surface area contributed by atoms with Crippen LogP contribution in [0.5, 0.6) is 0 Å². The van der Waals surface area contributed by atoms with Crippen LogP contribution < -0.4 is 0 Å². The highest BCUT2D eigenvalue weighted by Gasteiger charge is 2.39. The molecule has 122 valence electrons. The second kappa shape index (κ2) is 5.46. The van der Waals surface area contributed by atoms with Crippen LogP contribution in [0.3, 0.4) is 0 Å². The Hall–Kier alpha value is -2.66. The fraction of sp³-hybridized carbons (Fsp3) is 0.211. The maximum atomic E-state index is 13.1. The Morgan fingerprint density at radius 2 is 1.96 bits per heavy atom. The molecule has 0 spiro atoms. The lowest BCUT2D eigenvalue weighted by atomic mass is 9.93. The van der Waals surface area contributed by atoms with Gasteiger partial charge in [-0.15, -0.1) is 0 Å². The van der Waals surface area contributed by atoms with Crippen LogP contribution in [-0.2, 0) is 5.60 Å². The number of halogens is 1. The molecule has 4 rings (SSSR count). The summed E-state index contributed by atoms with van der Waals surface area (Å²) < 4.78 is 15.0. The first kappa shape index (κ1) is 14.9. The summed E-state index contributed by atoms with van der Waals surface area (Å²) in [5.74, 6) is -0.439. The first-order valence-electron chi connectivity index (χ1n) is 7.90. The van der Waals surface area contributed by atoms with E-state index in [0.717, 1.165) is 5.52 Å². The summed E-state index contributed by atoms with van der Waals surface area (Å²) >= 11 is 0. The number of aliphatic hydroxyl groups is 1. The van der Waals surface area contributed by atoms with Gasteiger partial charge in [0.15, 0.2) is 0 Å². The number of carbonyl (C=O) groups excluding carboxylic acids is 1. The maximum absolute atomic E-state index is 13.1. The van der Waals surface area contributed by atoms with Crippen molar-refractivity contribution in [3.63, 3.8) is 0 Å². The maximum Gasteiger partial charge on any atom is 0.255 e. The molecule has 5 heteroatoms. The highest BCUT2D eigenvalue weighted by Crippen LogP contribution is 2.32. The standard InChI is InChI=1S/C19H17FN2O2/c20-16-6-4-15(5-7-16)19(24)8-10-22(13-19)18(23)14-11-17-3-1-2-9-21(17)12-14/h1-7,9,11-12,24H,8,10,13H2. The number of benzene rings is 1. The highest BCUT2D eigenvalue weighted by atomic mass is 19.1. The van der Waals surface area contributed by atoms with Crippen molar-refractivity contribution in [2.45, 2.75) is 12.0 Å². The third-order valence-corrected chi connectivity index (χ3v) is 4.67. The van der Waals surface area contributed by atoms with Gasteiger partial charge in [0.2, 0.25) is 0 Å². The molecule has 1 aliphatic heterocycles. The Balaban J connectivity index is 1.57. The highest BCUT2D eigenvalue weighted by molar-refractivity contribution is 5.96. The SMILES string of the molecule is O=C(c1cc2ccccn2c1)N1CCC(O)(c2ccc(F)cc2)C1. The van der Waals surface area contributed by atoms with Gasteiger partial charge in [-0.3, -0.25) is 4.79 Å². The summed E-state index contributed by atoms with van der Waals surface area (Å²) in [4.78, 5) is 14.4. The molecule has 0 radical (unpaired) electrons. The van der Waals surface area contributed by atoms with E-state index in [1.54, 1.807) is 23.2 Å². The van der Waals surface area contributed by atoms with Gasteiger partial charge >= 0.3 is 0 Å². The van der Waals surface area contributed by atoms with Crippen molar-refractivity contribution < 1.29 is 14.3 Å². The molecule has 1 N–H and O–H groups in total. The summed E-state index contributed by atoms with van der Waals surface area (Å²) in [7, 11) is 0. The third-order valence-electron chi connectivity index (χ3n) is 4.67. The number of β-amino-alcohol motifs (C(OH)–C–C–N with tert-alkyl or cyclic N) is 1. The minimum atomic E-state index is -1.12. The van der Waals surface area contributed by atoms with E-state index in [0.29, 0.717) is 24.1 Å². The Kier molecular flexibility index (Phi) is 3.39. The molecule has 4 nitrogen and oxygen atoms in total. The van der Waals surface area contributed by atoms with Crippen LogP contribution in [0.4, 0.5) is 4.39 Å². The number of amides is 1. The van der Waals surface area contributed by atoms with Crippen molar-refractivity contribution in [1.82, 2.24) is 9.30 Å². The molecule has 1 atom stereocenters. The second-order valence-corrected chi connectivity index (χ2v) is 6.28. The molecule has 1 unspecified atom stereocenters. The van der Waals surface area contributed by atoms with E-state index in [-0.39, 0.29) is 18.3 Å². The minimum absolute atomic E-state index is 0.100.